The Kier molecular flexibility index (Phi) is 8.64. The fourth-order valence-electron chi connectivity index (χ4n) is 6.30. The molecule has 4 rings (SSSR count). The van der Waals surface area contributed by atoms with Gasteiger partial charge in [-0.2, -0.15) is 9.78 Å². The molecule has 222 valence electrons. The Labute approximate surface area is 235 Å². The molecule has 0 aliphatic heterocycles. The third-order valence-corrected chi connectivity index (χ3v) is 10.4. The Morgan fingerprint density at radius 1 is 1.12 bits per heavy atom. The van der Waals surface area contributed by atoms with Crippen molar-refractivity contribution in [2.75, 3.05) is 6.61 Å². The second-order valence-electron chi connectivity index (χ2n) is 12.9. The van der Waals surface area contributed by atoms with E-state index in [1.54, 1.807) is 4.57 Å². The van der Waals surface area contributed by atoms with Gasteiger partial charge in [0.2, 0.25) is 5.88 Å². The molecule has 13 heteroatoms. The molecule has 2 aromatic rings. The minimum Gasteiger partial charge on any atom is -0.494 e. The Bertz CT molecular complexity index is 1410. The minimum absolute atomic E-state index is 0.0636. The predicted octanol–water partition coefficient (Wildman–Crippen LogP) is 2.92. The van der Waals surface area contributed by atoms with Crippen LogP contribution in [0.3, 0.4) is 0 Å². The van der Waals surface area contributed by atoms with Crippen molar-refractivity contribution in [3.8, 4) is 5.88 Å². The molecule has 4 N–H and O–H groups in total. The second kappa shape index (κ2) is 11.5. The van der Waals surface area contributed by atoms with Gasteiger partial charge in [0.25, 0.3) is 5.56 Å². The van der Waals surface area contributed by atoms with E-state index in [-0.39, 0.29) is 42.0 Å². The van der Waals surface area contributed by atoms with Crippen LogP contribution >= 0.6 is 0 Å². The maximum Gasteiger partial charge on any atom is 0.348 e. The van der Waals surface area contributed by atoms with Crippen LogP contribution in [0.2, 0.25) is 25.7 Å². The topological polar surface area (TPSA) is 163 Å². The first-order chi connectivity index (χ1) is 18.8. The summed E-state index contributed by atoms with van der Waals surface area (Å²) in [6, 6.07) is 0.787. The molecule has 12 nitrogen and oxygen atoms in total. The van der Waals surface area contributed by atoms with Gasteiger partial charge in [0, 0.05) is 33.3 Å². The summed E-state index contributed by atoms with van der Waals surface area (Å²) in [5.41, 5.74) is 4.01. The van der Waals surface area contributed by atoms with Crippen LogP contribution in [-0.4, -0.2) is 49.1 Å². The normalized spacial score (nSPS) is 22.9. The number of nitrogens with two attached hydrogens (primary N) is 1. The number of aromatic hydroxyl groups is 1. The summed E-state index contributed by atoms with van der Waals surface area (Å²) in [6.45, 7) is 11.7. The summed E-state index contributed by atoms with van der Waals surface area (Å²) in [6.07, 6.45) is 6.09. The zero-order chi connectivity index (χ0) is 29.4. The van der Waals surface area contributed by atoms with Gasteiger partial charge in [-0.05, 0) is 63.3 Å². The van der Waals surface area contributed by atoms with Gasteiger partial charge in [-0.1, -0.05) is 33.0 Å². The van der Waals surface area contributed by atoms with Crippen molar-refractivity contribution in [1.29, 1.82) is 5.41 Å². The molecule has 0 atom stereocenters. The molecule has 0 aromatic carbocycles. The van der Waals surface area contributed by atoms with Gasteiger partial charge in [-0.3, -0.25) is 23.9 Å². The van der Waals surface area contributed by atoms with E-state index in [2.05, 4.69) is 24.7 Å². The van der Waals surface area contributed by atoms with E-state index in [4.69, 9.17) is 15.9 Å². The molecule has 0 saturated heterocycles. The number of hydrogen-bond donors (Lipinski definition) is 3. The molecule has 2 aromatic heterocycles. The van der Waals surface area contributed by atoms with E-state index in [1.165, 1.54) is 13.8 Å². The van der Waals surface area contributed by atoms with E-state index in [1.807, 2.05) is 13.8 Å². The van der Waals surface area contributed by atoms with Crippen LogP contribution in [0.4, 0.5) is 0 Å². The number of nitrogen functional groups attached to an aromatic ring is 1. The summed E-state index contributed by atoms with van der Waals surface area (Å²) in [4.78, 5) is 39.6. The number of aromatic nitrogens is 5. The third-order valence-electron chi connectivity index (χ3n) is 8.69. The lowest BCUT2D eigenvalue weighted by atomic mass is 9.57. The zero-order valence-electron chi connectivity index (χ0n) is 24.5. The SMILES string of the molecule is CCCCn1c(O)c(C(=N)N)c(=O)n(C2CCC3(CC2)CC(n2c(C)nn(COCC[Si](C)(C)C)c2=O)C3)c1=O. The number of nitrogens with zero attached hydrogens (tertiary/aromatic N) is 5. The Morgan fingerprint density at radius 2 is 1.77 bits per heavy atom. The Morgan fingerprint density at radius 3 is 2.35 bits per heavy atom. The standard InChI is InChI=1S/C27H45N7O5Si/c1-6-7-12-31-23(35)21(22(28)29)24(36)34(25(31)37)19-8-10-27(11-9-19)15-20(16-27)33-18(2)30-32(26(33)38)17-39-13-14-40(3,4)5/h19-20,35H,6-17H2,1-5H3,(H3,28,29). The van der Waals surface area contributed by atoms with Crippen molar-refractivity contribution in [3.63, 3.8) is 0 Å². The minimum atomic E-state index is -1.21. The molecule has 2 heterocycles. The van der Waals surface area contributed by atoms with E-state index in [9.17, 15) is 19.5 Å². The van der Waals surface area contributed by atoms with Crippen LogP contribution in [0.15, 0.2) is 14.4 Å². The highest BCUT2D eigenvalue weighted by Crippen LogP contribution is 2.57. The zero-order valence-corrected chi connectivity index (χ0v) is 25.5. The number of aryl methyl sites for hydroxylation is 1. The van der Waals surface area contributed by atoms with Crippen LogP contribution in [0.25, 0.3) is 0 Å². The van der Waals surface area contributed by atoms with Gasteiger partial charge in [-0.15, -0.1) is 0 Å². The summed E-state index contributed by atoms with van der Waals surface area (Å²) in [7, 11) is -1.21. The fourth-order valence-corrected chi connectivity index (χ4v) is 7.06. The van der Waals surface area contributed by atoms with Crippen molar-refractivity contribution >= 4 is 13.9 Å². The van der Waals surface area contributed by atoms with E-state index in [0.29, 0.717) is 31.7 Å². The van der Waals surface area contributed by atoms with Gasteiger partial charge in [0.1, 0.15) is 24.0 Å². The number of rotatable bonds is 11. The van der Waals surface area contributed by atoms with Crippen LogP contribution in [0, 0.1) is 17.7 Å². The highest BCUT2D eigenvalue weighted by atomic mass is 28.3. The summed E-state index contributed by atoms with van der Waals surface area (Å²) >= 11 is 0. The largest absolute Gasteiger partial charge is 0.494 e. The van der Waals surface area contributed by atoms with E-state index < -0.39 is 31.0 Å². The first-order valence-electron chi connectivity index (χ1n) is 14.4. The van der Waals surface area contributed by atoms with Gasteiger partial charge in [-0.25, -0.2) is 9.59 Å². The van der Waals surface area contributed by atoms with Gasteiger partial charge in [0.15, 0.2) is 0 Å². The molecule has 0 unspecified atom stereocenters. The van der Waals surface area contributed by atoms with Crippen molar-refractivity contribution < 1.29 is 9.84 Å². The van der Waals surface area contributed by atoms with Gasteiger partial charge >= 0.3 is 11.4 Å². The fraction of sp³-hybridized carbons (Fsp3) is 0.741. The molecule has 2 aliphatic rings. The molecular weight excluding hydrogens is 530 g/mol. The highest BCUT2D eigenvalue weighted by Gasteiger charge is 2.48. The molecule has 2 fully saturated rings. The number of unbranched alkanes of at least 4 members (excludes halogenated alkanes) is 1. The average Bonchev–Trinajstić information content (AvgIpc) is 3.12. The summed E-state index contributed by atoms with van der Waals surface area (Å²) in [5, 5.41) is 22.8. The van der Waals surface area contributed by atoms with Crippen LogP contribution in [0.1, 0.15) is 81.8 Å². The quantitative estimate of drug-likeness (QED) is 0.160. The lowest BCUT2D eigenvalue weighted by Crippen LogP contribution is -2.49. The van der Waals surface area contributed by atoms with Crippen LogP contribution < -0.4 is 22.7 Å². The van der Waals surface area contributed by atoms with Crippen LogP contribution in [0.5, 0.6) is 5.88 Å². The summed E-state index contributed by atoms with van der Waals surface area (Å²) < 4.78 is 11.3. The maximum atomic E-state index is 13.3. The van der Waals surface area contributed by atoms with Crippen molar-refractivity contribution in [2.45, 2.75) is 116 Å². The van der Waals surface area contributed by atoms with Gasteiger partial charge < -0.3 is 15.6 Å². The Hall–Kier alpha value is -2.93. The molecular formula is C27H45N7O5Si. The van der Waals surface area contributed by atoms with E-state index >= 15 is 0 Å². The Balaban J connectivity index is 1.44. The van der Waals surface area contributed by atoms with Crippen molar-refractivity contribution in [1.82, 2.24) is 23.5 Å². The first-order valence-corrected chi connectivity index (χ1v) is 18.2. The molecule has 0 amide bonds. The third kappa shape index (κ3) is 5.90. The summed E-state index contributed by atoms with van der Waals surface area (Å²) in [5.74, 6) is -0.380. The number of hydrogen-bond acceptors (Lipinski definition) is 7. The number of nitrogens with one attached hydrogen (secondary N) is 1. The first kappa shape index (κ1) is 30.0. The monoisotopic (exact) mass is 575 g/mol. The smallest absolute Gasteiger partial charge is 0.348 e. The second-order valence-corrected chi connectivity index (χ2v) is 18.5. The maximum absolute atomic E-state index is 13.3. The highest BCUT2D eigenvalue weighted by molar-refractivity contribution is 6.76. The van der Waals surface area contributed by atoms with E-state index in [0.717, 1.165) is 38.1 Å². The lowest BCUT2D eigenvalue weighted by Gasteiger charge is -2.51. The van der Waals surface area contributed by atoms with Gasteiger partial charge in [0.05, 0.1) is 0 Å². The average molecular weight is 576 g/mol. The number of amidine groups is 1. The molecule has 1 spiro atoms. The van der Waals surface area contributed by atoms with Crippen LogP contribution in [-0.2, 0) is 18.0 Å². The lowest BCUT2D eigenvalue weighted by molar-refractivity contribution is 0.00469. The molecule has 0 radical (unpaired) electrons. The molecule has 0 bridgehead atoms. The molecule has 2 saturated carbocycles. The number of ether oxygens (including phenoxy) is 1. The molecule has 2 aliphatic carbocycles. The van der Waals surface area contributed by atoms with Crippen molar-refractivity contribution in [3.05, 3.63) is 42.7 Å². The van der Waals surface area contributed by atoms with Crippen molar-refractivity contribution in [2.24, 2.45) is 11.1 Å². The molecule has 40 heavy (non-hydrogen) atoms. The predicted molar refractivity (Wildman–Crippen MR) is 156 cm³/mol.